The molecular formula is C18H18ClN3O4S. The molecule has 0 saturated carbocycles. The second kappa shape index (κ2) is 8.32. The Morgan fingerprint density at radius 1 is 1.19 bits per heavy atom. The lowest BCUT2D eigenvalue weighted by Gasteiger charge is -2.11. The Hall–Kier alpha value is -2.71. The first-order valence-corrected chi connectivity index (χ1v) is 9.91. The summed E-state index contributed by atoms with van der Waals surface area (Å²) < 4.78 is 40.1. The molecule has 0 fully saturated rings. The van der Waals surface area contributed by atoms with Crippen LogP contribution in [0.5, 0.6) is 11.5 Å². The fourth-order valence-electron chi connectivity index (χ4n) is 2.37. The number of halogens is 1. The summed E-state index contributed by atoms with van der Waals surface area (Å²) in [6, 6.07) is 12.8. The summed E-state index contributed by atoms with van der Waals surface area (Å²) in [5, 5.41) is 4.31. The van der Waals surface area contributed by atoms with E-state index in [9.17, 15) is 8.42 Å². The maximum Gasteiger partial charge on any atom is 0.261 e. The zero-order chi connectivity index (χ0) is 19.3. The van der Waals surface area contributed by atoms with Crippen molar-refractivity contribution in [2.24, 2.45) is 0 Å². The van der Waals surface area contributed by atoms with E-state index in [-0.39, 0.29) is 9.92 Å². The van der Waals surface area contributed by atoms with Crippen LogP contribution in [0.3, 0.4) is 0 Å². The van der Waals surface area contributed by atoms with Crippen molar-refractivity contribution in [2.75, 3.05) is 18.4 Å². The van der Waals surface area contributed by atoms with E-state index < -0.39 is 10.0 Å². The molecule has 0 radical (unpaired) electrons. The quantitative estimate of drug-likeness (QED) is 0.618. The number of ether oxygens (including phenoxy) is 2. The van der Waals surface area contributed by atoms with Crippen LogP contribution in [0.4, 0.5) is 5.69 Å². The third-order valence-corrected chi connectivity index (χ3v) is 5.34. The summed E-state index contributed by atoms with van der Waals surface area (Å²) in [6.07, 6.45) is 3.54. The standard InChI is InChI=1S/C18H18ClN3O4S/c1-25-18-7-6-16(13-17(18)19)27(23,24)21-14-4-2-5-15(12-14)26-11-10-22-9-3-8-20-22/h2-9,12-13,21H,10-11H2,1H3. The summed E-state index contributed by atoms with van der Waals surface area (Å²) in [6.45, 7) is 0.999. The second-order valence-electron chi connectivity index (χ2n) is 5.55. The molecule has 1 N–H and O–H groups in total. The Kier molecular flexibility index (Phi) is 5.88. The van der Waals surface area contributed by atoms with Gasteiger partial charge in [-0.05, 0) is 36.4 Å². The topological polar surface area (TPSA) is 82.5 Å². The number of nitrogens with one attached hydrogen (secondary N) is 1. The van der Waals surface area contributed by atoms with Crippen molar-refractivity contribution < 1.29 is 17.9 Å². The normalized spacial score (nSPS) is 11.2. The number of hydrogen-bond acceptors (Lipinski definition) is 5. The van der Waals surface area contributed by atoms with Gasteiger partial charge in [0, 0.05) is 18.5 Å². The van der Waals surface area contributed by atoms with E-state index in [2.05, 4.69) is 9.82 Å². The molecular weight excluding hydrogens is 390 g/mol. The van der Waals surface area contributed by atoms with Crippen LogP contribution in [-0.2, 0) is 16.6 Å². The number of methoxy groups -OCH3 is 1. The minimum atomic E-state index is -3.79. The maximum absolute atomic E-state index is 12.6. The van der Waals surface area contributed by atoms with Crippen LogP contribution in [0.15, 0.2) is 65.8 Å². The van der Waals surface area contributed by atoms with Gasteiger partial charge in [0.2, 0.25) is 0 Å². The van der Waals surface area contributed by atoms with E-state index in [0.29, 0.717) is 30.3 Å². The first-order chi connectivity index (χ1) is 13.0. The van der Waals surface area contributed by atoms with Gasteiger partial charge in [-0.25, -0.2) is 8.42 Å². The van der Waals surface area contributed by atoms with Gasteiger partial charge >= 0.3 is 0 Å². The van der Waals surface area contributed by atoms with Crippen LogP contribution in [0.25, 0.3) is 0 Å². The molecule has 0 amide bonds. The third-order valence-electron chi connectivity index (χ3n) is 3.67. The highest BCUT2D eigenvalue weighted by Crippen LogP contribution is 2.28. The maximum atomic E-state index is 12.6. The smallest absolute Gasteiger partial charge is 0.261 e. The second-order valence-corrected chi connectivity index (χ2v) is 7.64. The van der Waals surface area contributed by atoms with Gasteiger partial charge < -0.3 is 9.47 Å². The van der Waals surface area contributed by atoms with Crippen molar-refractivity contribution >= 4 is 27.3 Å². The Morgan fingerprint density at radius 2 is 2.04 bits per heavy atom. The molecule has 0 atom stereocenters. The lowest BCUT2D eigenvalue weighted by Crippen LogP contribution is -2.13. The first kappa shape index (κ1) is 19.1. The number of anilines is 1. The van der Waals surface area contributed by atoms with Gasteiger partial charge in [0.15, 0.2) is 0 Å². The molecule has 1 aromatic heterocycles. The van der Waals surface area contributed by atoms with Crippen LogP contribution < -0.4 is 14.2 Å². The zero-order valence-corrected chi connectivity index (χ0v) is 16.1. The highest BCUT2D eigenvalue weighted by molar-refractivity contribution is 7.92. The van der Waals surface area contributed by atoms with Gasteiger partial charge in [0.1, 0.15) is 18.1 Å². The van der Waals surface area contributed by atoms with E-state index in [0.717, 1.165) is 0 Å². The molecule has 2 aromatic carbocycles. The molecule has 0 spiro atoms. The predicted octanol–water partition coefficient (Wildman–Crippen LogP) is 3.42. The van der Waals surface area contributed by atoms with E-state index in [1.165, 1.54) is 25.3 Å². The van der Waals surface area contributed by atoms with Crippen molar-refractivity contribution in [1.29, 1.82) is 0 Å². The van der Waals surface area contributed by atoms with Crippen molar-refractivity contribution in [1.82, 2.24) is 9.78 Å². The number of rotatable bonds is 8. The van der Waals surface area contributed by atoms with Gasteiger partial charge in [-0.2, -0.15) is 5.10 Å². The SMILES string of the molecule is COc1ccc(S(=O)(=O)Nc2cccc(OCCn3cccn3)c2)cc1Cl. The molecule has 3 aromatic rings. The first-order valence-electron chi connectivity index (χ1n) is 8.04. The molecule has 3 rings (SSSR count). The molecule has 0 aliphatic carbocycles. The number of aromatic nitrogens is 2. The van der Waals surface area contributed by atoms with Crippen LogP contribution in [0, 0.1) is 0 Å². The predicted molar refractivity (Wildman–Crippen MR) is 103 cm³/mol. The number of benzene rings is 2. The highest BCUT2D eigenvalue weighted by atomic mass is 35.5. The average Bonchev–Trinajstić information content (AvgIpc) is 3.15. The molecule has 0 saturated heterocycles. The molecule has 9 heteroatoms. The van der Waals surface area contributed by atoms with Crippen LogP contribution in [0.1, 0.15) is 0 Å². The molecule has 142 valence electrons. The lowest BCUT2D eigenvalue weighted by atomic mass is 10.3. The van der Waals surface area contributed by atoms with E-state index in [1.54, 1.807) is 35.1 Å². The molecule has 0 aliphatic heterocycles. The van der Waals surface area contributed by atoms with Crippen molar-refractivity contribution in [3.63, 3.8) is 0 Å². The van der Waals surface area contributed by atoms with E-state index >= 15 is 0 Å². The Bertz CT molecular complexity index is 1010. The summed E-state index contributed by atoms with van der Waals surface area (Å²) in [5.74, 6) is 0.957. The number of hydrogen-bond donors (Lipinski definition) is 1. The van der Waals surface area contributed by atoms with Crippen LogP contribution in [-0.4, -0.2) is 31.9 Å². The summed E-state index contributed by atoms with van der Waals surface area (Å²) >= 11 is 6.02. The van der Waals surface area contributed by atoms with Crippen LogP contribution >= 0.6 is 11.6 Å². The molecule has 7 nitrogen and oxygen atoms in total. The summed E-state index contributed by atoms with van der Waals surface area (Å²) in [7, 11) is -2.33. The fraction of sp³-hybridized carbons (Fsp3) is 0.167. The van der Waals surface area contributed by atoms with Gasteiger partial charge in [-0.15, -0.1) is 0 Å². The van der Waals surface area contributed by atoms with Crippen molar-refractivity contribution in [2.45, 2.75) is 11.4 Å². The Labute approximate surface area is 162 Å². The van der Waals surface area contributed by atoms with Crippen molar-refractivity contribution in [3.8, 4) is 11.5 Å². The molecule has 0 unspecified atom stereocenters. The van der Waals surface area contributed by atoms with E-state index in [4.69, 9.17) is 21.1 Å². The number of sulfonamides is 1. The molecule has 0 aliphatic rings. The molecule has 0 bridgehead atoms. The number of nitrogens with zero attached hydrogens (tertiary/aromatic N) is 2. The minimum absolute atomic E-state index is 0.0401. The van der Waals surface area contributed by atoms with Gasteiger partial charge in [0.25, 0.3) is 10.0 Å². The van der Waals surface area contributed by atoms with Gasteiger partial charge in [0.05, 0.1) is 29.3 Å². The lowest BCUT2D eigenvalue weighted by molar-refractivity contribution is 0.291. The molecule has 1 heterocycles. The van der Waals surface area contributed by atoms with Gasteiger partial charge in [-0.3, -0.25) is 9.40 Å². The summed E-state index contributed by atoms with van der Waals surface area (Å²) in [4.78, 5) is 0.0401. The zero-order valence-electron chi connectivity index (χ0n) is 14.5. The Balaban J connectivity index is 1.68. The average molecular weight is 408 g/mol. The highest BCUT2D eigenvalue weighted by Gasteiger charge is 2.16. The largest absolute Gasteiger partial charge is 0.495 e. The molecule has 27 heavy (non-hydrogen) atoms. The van der Waals surface area contributed by atoms with E-state index in [1.807, 2.05) is 12.3 Å². The fourth-order valence-corrected chi connectivity index (χ4v) is 3.77. The van der Waals surface area contributed by atoms with Crippen molar-refractivity contribution in [3.05, 3.63) is 65.9 Å². The summed E-state index contributed by atoms with van der Waals surface area (Å²) in [5.41, 5.74) is 0.388. The minimum Gasteiger partial charge on any atom is -0.495 e. The van der Waals surface area contributed by atoms with Gasteiger partial charge in [-0.1, -0.05) is 17.7 Å². The Morgan fingerprint density at radius 3 is 2.74 bits per heavy atom. The van der Waals surface area contributed by atoms with Crippen LogP contribution in [0.2, 0.25) is 5.02 Å². The monoisotopic (exact) mass is 407 g/mol. The third kappa shape index (κ3) is 4.93.